The lowest BCUT2D eigenvalue weighted by Crippen LogP contribution is -2.45. The molecule has 98 valence electrons. The second-order valence-electron chi connectivity index (χ2n) is 5.24. The zero-order valence-electron chi connectivity index (χ0n) is 10.9. The van der Waals surface area contributed by atoms with E-state index in [4.69, 9.17) is 0 Å². The van der Waals surface area contributed by atoms with Crippen molar-refractivity contribution in [1.29, 1.82) is 0 Å². The van der Waals surface area contributed by atoms with Crippen LogP contribution in [0.25, 0.3) is 0 Å². The number of aliphatic hydroxyl groups excluding tert-OH is 1. The van der Waals surface area contributed by atoms with Gasteiger partial charge >= 0.3 is 0 Å². The summed E-state index contributed by atoms with van der Waals surface area (Å²) in [4.78, 5) is 0. The Morgan fingerprint density at radius 3 is 1.74 bits per heavy atom. The van der Waals surface area contributed by atoms with Gasteiger partial charge in [-0.2, -0.15) is 0 Å². The molecule has 0 aliphatic heterocycles. The molecule has 2 N–H and O–H groups in total. The van der Waals surface area contributed by atoms with Crippen LogP contribution in [-0.2, 0) is 0 Å². The van der Waals surface area contributed by atoms with Gasteiger partial charge < -0.3 is 10.4 Å². The van der Waals surface area contributed by atoms with E-state index in [0.717, 1.165) is 12.8 Å². The monoisotopic (exact) mass is 253 g/mol. The van der Waals surface area contributed by atoms with Gasteiger partial charge in [0.15, 0.2) is 0 Å². The van der Waals surface area contributed by atoms with Crippen molar-refractivity contribution in [2.45, 2.75) is 31.0 Å². The summed E-state index contributed by atoms with van der Waals surface area (Å²) in [5.74, 6) is 0. The highest BCUT2D eigenvalue weighted by Crippen LogP contribution is 2.27. The quantitative estimate of drug-likeness (QED) is 0.878. The molecule has 0 spiro atoms. The smallest absolute Gasteiger partial charge is 0.0578 e. The van der Waals surface area contributed by atoms with Crippen molar-refractivity contribution in [3.8, 4) is 0 Å². The Kier molecular flexibility index (Phi) is 3.62. The molecule has 1 aliphatic carbocycles. The lowest BCUT2D eigenvalue weighted by Gasteiger charge is -2.36. The number of hydrogen-bond acceptors (Lipinski definition) is 2. The van der Waals surface area contributed by atoms with E-state index in [2.05, 4.69) is 53.8 Å². The second-order valence-corrected chi connectivity index (χ2v) is 5.24. The highest BCUT2D eigenvalue weighted by Gasteiger charge is 2.29. The van der Waals surface area contributed by atoms with Crippen molar-refractivity contribution < 1.29 is 5.11 Å². The van der Waals surface area contributed by atoms with E-state index in [-0.39, 0.29) is 12.1 Å². The molecule has 0 radical (unpaired) electrons. The lowest BCUT2D eigenvalue weighted by atomic mass is 9.87. The average Bonchev–Trinajstić information content (AvgIpc) is 2.44. The van der Waals surface area contributed by atoms with Crippen molar-refractivity contribution in [2.75, 3.05) is 0 Å². The van der Waals surface area contributed by atoms with Gasteiger partial charge in [-0.15, -0.1) is 0 Å². The molecule has 0 amide bonds. The minimum Gasteiger partial charge on any atom is -0.393 e. The summed E-state index contributed by atoms with van der Waals surface area (Å²) in [6.45, 7) is 0. The predicted octanol–water partition coefficient (Wildman–Crippen LogP) is 2.89. The Hall–Kier alpha value is -1.64. The van der Waals surface area contributed by atoms with Crippen LogP contribution in [0, 0.1) is 0 Å². The molecule has 3 rings (SSSR count). The summed E-state index contributed by atoms with van der Waals surface area (Å²) in [5.41, 5.74) is 2.55. The molecule has 2 aromatic carbocycles. The van der Waals surface area contributed by atoms with Gasteiger partial charge in [-0.3, -0.25) is 0 Å². The molecule has 1 saturated carbocycles. The standard InChI is InChI=1S/C17H19NO/c19-16-11-15(12-16)18-17(13-7-3-1-4-8-13)14-9-5-2-6-10-14/h1-10,15-19H,11-12H2. The van der Waals surface area contributed by atoms with Crippen LogP contribution in [0.1, 0.15) is 30.0 Å². The number of hydrogen-bond donors (Lipinski definition) is 2. The fourth-order valence-corrected chi connectivity index (χ4v) is 2.64. The molecule has 0 heterocycles. The first-order chi connectivity index (χ1) is 9.33. The van der Waals surface area contributed by atoms with E-state index in [9.17, 15) is 5.11 Å². The molecular formula is C17H19NO. The zero-order valence-corrected chi connectivity index (χ0v) is 10.9. The minimum atomic E-state index is -0.121. The van der Waals surface area contributed by atoms with Gasteiger partial charge in [0, 0.05) is 6.04 Å². The van der Waals surface area contributed by atoms with Crippen LogP contribution >= 0.6 is 0 Å². The number of nitrogens with one attached hydrogen (secondary N) is 1. The summed E-state index contributed by atoms with van der Waals surface area (Å²) in [5, 5.41) is 13.1. The van der Waals surface area contributed by atoms with Gasteiger partial charge in [-0.05, 0) is 24.0 Å². The van der Waals surface area contributed by atoms with E-state index in [0.29, 0.717) is 6.04 Å². The number of aliphatic hydroxyl groups is 1. The third-order valence-electron chi connectivity index (χ3n) is 3.78. The van der Waals surface area contributed by atoms with E-state index in [1.54, 1.807) is 0 Å². The fraction of sp³-hybridized carbons (Fsp3) is 0.294. The highest BCUT2D eigenvalue weighted by molar-refractivity contribution is 5.31. The molecule has 2 aromatic rings. The van der Waals surface area contributed by atoms with Crippen LogP contribution in [0.15, 0.2) is 60.7 Å². The molecule has 0 unspecified atom stereocenters. The van der Waals surface area contributed by atoms with Crippen molar-refractivity contribution in [1.82, 2.24) is 5.32 Å². The maximum atomic E-state index is 9.43. The Bertz CT molecular complexity index is 466. The van der Waals surface area contributed by atoms with Crippen molar-refractivity contribution >= 4 is 0 Å². The molecule has 2 heteroatoms. The minimum absolute atomic E-state index is 0.121. The molecule has 2 nitrogen and oxygen atoms in total. The van der Waals surface area contributed by atoms with Gasteiger partial charge in [-0.1, -0.05) is 60.7 Å². The molecule has 19 heavy (non-hydrogen) atoms. The van der Waals surface area contributed by atoms with Gasteiger partial charge in [0.2, 0.25) is 0 Å². The number of rotatable bonds is 4. The third kappa shape index (κ3) is 2.86. The van der Waals surface area contributed by atoms with Crippen LogP contribution in [0.5, 0.6) is 0 Å². The van der Waals surface area contributed by atoms with Crippen LogP contribution in [0.3, 0.4) is 0 Å². The van der Waals surface area contributed by atoms with Crippen molar-refractivity contribution in [2.24, 2.45) is 0 Å². The largest absolute Gasteiger partial charge is 0.393 e. The predicted molar refractivity (Wildman–Crippen MR) is 76.9 cm³/mol. The Morgan fingerprint density at radius 2 is 1.32 bits per heavy atom. The van der Waals surface area contributed by atoms with Gasteiger partial charge in [0.1, 0.15) is 0 Å². The summed E-state index contributed by atoms with van der Waals surface area (Å²) >= 11 is 0. The summed E-state index contributed by atoms with van der Waals surface area (Å²) < 4.78 is 0. The zero-order chi connectivity index (χ0) is 13.1. The highest BCUT2D eigenvalue weighted by atomic mass is 16.3. The maximum absolute atomic E-state index is 9.43. The van der Waals surface area contributed by atoms with Crippen molar-refractivity contribution in [3.05, 3.63) is 71.8 Å². The Labute approximate surface area is 114 Å². The van der Waals surface area contributed by atoms with Gasteiger partial charge in [0.05, 0.1) is 12.1 Å². The van der Waals surface area contributed by atoms with Crippen LogP contribution < -0.4 is 5.32 Å². The van der Waals surface area contributed by atoms with Crippen LogP contribution in [0.2, 0.25) is 0 Å². The lowest BCUT2D eigenvalue weighted by molar-refractivity contribution is 0.0595. The molecule has 1 aliphatic rings. The summed E-state index contributed by atoms with van der Waals surface area (Å²) in [7, 11) is 0. The number of benzene rings is 2. The first-order valence-electron chi connectivity index (χ1n) is 6.87. The normalized spacial score (nSPS) is 22.2. The topological polar surface area (TPSA) is 32.3 Å². The van der Waals surface area contributed by atoms with E-state index >= 15 is 0 Å². The Balaban J connectivity index is 1.83. The second kappa shape index (κ2) is 5.55. The van der Waals surface area contributed by atoms with E-state index in [1.807, 2.05) is 12.1 Å². The molecule has 0 atom stereocenters. The van der Waals surface area contributed by atoms with Crippen LogP contribution in [0.4, 0.5) is 0 Å². The van der Waals surface area contributed by atoms with Crippen LogP contribution in [-0.4, -0.2) is 17.3 Å². The third-order valence-corrected chi connectivity index (χ3v) is 3.78. The Morgan fingerprint density at radius 1 is 0.842 bits per heavy atom. The molecule has 0 aromatic heterocycles. The van der Waals surface area contributed by atoms with Crippen molar-refractivity contribution in [3.63, 3.8) is 0 Å². The first-order valence-corrected chi connectivity index (χ1v) is 6.87. The summed E-state index contributed by atoms with van der Waals surface area (Å²) in [6, 6.07) is 21.6. The molecule has 0 saturated heterocycles. The molecule has 1 fully saturated rings. The molecule has 0 bridgehead atoms. The van der Waals surface area contributed by atoms with E-state index < -0.39 is 0 Å². The van der Waals surface area contributed by atoms with Gasteiger partial charge in [0.25, 0.3) is 0 Å². The SMILES string of the molecule is OC1CC(NC(c2ccccc2)c2ccccc2)C1. The fourth-order valence-electron chi connectivity index (χ4n) is 2.64. The van der Waals surface area contributed by atoms with Gasteiger partial charge in [-0.25, -0.2) is 0 Å². The van der Waals surface area contributed by atoms with E-state index in [1.165, 1.54) is 11.1 Å². The average molecular weight is 253 g/mol. The molecular weight excluding hydrogens is 234 g/mol. The maximum Gasteiger partial charge on any atom is 0.0578 e. The summed E-state index contributed by atoms with van der Waals surface area (Å²) in [6.07, 6.45) is 1.59. The first kappa shape index (κ1) is 12.4.